The molecule has 3 aromatic rings. The first-order chi connectivity index (χ1) is 10.2. The van der Waals surface area contributed by atoms with Gasteiger partial charge in [0.1, 0.15) is 5.82 Å². The molecule has 0 bridgehead atoms. The molecule has 0 aliphatic rings. The van der Waals surface area contributed by atoms with Gasteiger partial charge >= 0.3 is 0 Å². The predicted octanol–water partition coefficient (Wildman–Crippen LogP) is 2.87. The Morgan fingerprint density at radius 3 is 2.67 bits per heavy atom. The molecule has 0 radical (unpaired) electrons. The van der Waals surface area contributed by atoms with E-state index in [1.807, 2.05) is 37.4 Å². The monoisotopic (exact) mass is 283 g/mol. The van der Waals surface area contributed by atoms with Crippen LogP contribution in [-0.4, -0.2) is 29.2 Å². The van der Waals surface area contributed by atoms with Crippen LogP contribution in [0.3, 0.4) is 0 Å². The van der Waals surface area contributed by atoms with Crippen molar-refractivity contribution in [2.75, 3.05) is 14.2 Å². The number of rotatable bonds is 4. The Morgan fingerprint density at radius 1 is 1.10 bits per heavy atom. The van der Waals surface area contributed by atoms with Crippen molar-refractivity contribution in [1.29, 1.82) is 0 Å². The predicted molar refractivity (Wildman–Crippen MR) is 81.0 cm³/mol. The van der Waals surface area contributed by atoms with Crippen LogP contribution in [0.25, 0.3) is 11.2 Å². The van der Waals surface area contributed by atoms with Crippen LogP contribution in [0.2, 0.25) is 0 Å². The van der Waals surface area contributed by atoms with E-state index in [4.69, 9.17) is 9.47 Å². The van der Waals surface area contributed by atoms with E-state index in [1.54, 1.807) is 14.2 Å². The average molecular weight is 283 g/mol. The molecule has 0 unspecified atom stereocenters. The molecule has 108 valence electrons. The highest BCUT2D eigenvalue weighted by Crippen LogP contribution is 2.28. The lowest BCUT2D eigenvalue weighted by atomic mass is 10.1. The third-order valence-electron chi connectivity index (χ3n) is 3.34. The lowest BCUT2D eigenvalue weighted by molar-refractivity contribution is 0.354. The third-order valence-corrected chi connectivity index (χ3v) is 3.34. The first-order valence-corrected chi connectivity index (χ1v) is 6.71. The van der Waals surface area contributed by atoms with E-state index in [9.17, 15) is 0 Å². The molecule has 3 rings (SSSR count). The van der Waals surface area contributed by atoms with Crippen LogP contribution < -0.4 is 9.47 Å². The van der Waals surface area contributed by atoms with Crippen LogP contribution in [0.15, 0.2) is 30.5 Å². The summed E-state index contributed by atoms with van der Waals surface area (Å²) in [6, 6.07) is 7.92. The van der Waals surface area contributed by atoms with Crippen LogP contribution in [0.5, 0.6) is 11.5 Å². The summed E-state index contributed by atoms with van der Waals surface area (Å²) in [5.41, 5.74) is 3.92. The van der Waals surface area contributed by atoms with Gasteiger partial charge in [-0.25, -0.2) is 9.97 Å². The Bertz CT molecular complexity index is 780. The Hall–Kier alpha value is -2.56. The van der Waals surface area contributed by atoms with Crippen molar-refractivity contribution in [3.8, 4) is 11.5 Å². The number of aromatic amines is 1. The molecule has 2 aromatic heterocycles. The van der Waals surface area contributed by atoms with Gasteiger partial charge in [0, 0.05) is 12.6 Å². The molecule has 2 heterocycles. The van der Waals surface area contributed by atoms with E-state index < -0.39 is 0 Å². The quantitative estimate of drug-likeness (QED) is 0.800. The molecule has 5 nitrogen and oxygen atoms in total. The van der Waals surface area contributed by atoms with Gasteiger partial charge in [-0.3, -0.25) is 0 Å². The molecule has 0 spiro atoms. The number of fused-ring (bicyclic) bond motifs is 1. The molecule has 0 fully saturated rings. The number of aryl methyl sites for hydroxylation is 1. The fourth-order valence-electron chi connectivity index (χ4n) is 2.32. The van der Waals surface area contributed by atoms with Crippen molar-refractivity contribution in [3.05, 3.63) is 47.4 Å². The second-order valence-corrected chi connectivity index (χ2v) is 4.93. The summed E-state index contributed by atoms with van der Waals surface area (Å²) in [5.74, 6) is 2.33. The van der Waals surface area contributed by atoms with Crippen LogP contribution >= 0.6 is 0 Å². The van der Waals surface area contributed by atoms with E-state index in [2.05, 4.69) is 15.0 Å². The van der Waals surface area contributed by atoms with Gasteiger partial charge in [-0.05, 0) is 36.2 Å². The lowest BCUT2D eigenvalue weighted by Gasteiger charge is -2.08. The van der Waals surface area contributed by atoms with E-state index >= 15 is 0 Å². The summed E-state index contributed by atoms with van der Waals surface area (Å²) in [6.45, 7) is 2.02. The molecular formula is C16H17N3O2. The smallest absolute Gasteiger partial charge is 0.177 e. The first-order valence-electron chi connectivity index (χ1n) is 6.71. The lowest BCUT2D eigenvalue weighted by Crippen LogP contribution is -1.95. The zero-order valence-electron chi connectivity index (χ0n) is 12.3. The third kappa shape index (κ3) is 2.67. The number of imidazole rings is 1. The van der Waals surface area contributed by atoms with Gasteiger partial charge in [-0.15, -0.1) is 0 Å². The van der Waals surface area contributed by atoms with E-state index in [-0.39, 0.29) is 0 Å². The standard InChI is InChI=1S/C16H17N3O2/c1-10-6-12-16(17-9-10)19-15(18-12)8-11-4-5-13(20-2)14(7-11)21-3/h4-7,9H,8H2,1-3H3,(H,17,18,19). The fourth-order valence-corrected chi connectivity index (χ4v) is 2.32. The van der Waals surface area contributed by atoms with E-state index in [1.165, 1.54) is 0 Å². The summed E-state index contributed by atoms with van der Waals surface area (Å²) in [4.78, 5) is 12.1. The SMILES string of the molecule is COc1ccc(Cc2nc3ncc(C)cc3[nH]2)cc1OC. The van der Waals surface area contributed by atoms with Crippen molar-refractivity contribution >= 4 is 11.2 Å². The zero-order valence-corrected chi connectivity index (χ0v) is 12.3. The second-order valence-electron chi connectivity index (χ2n) is 4.93. The number of nitrogens with one attached hydrogen (secondary N) is 1. The van der Waals surface area contributed by atoms with Gasteiger partial charge in [0.2, 0.25) is 0 Å². The molecule has 0 saturated heterocycles. The Kier molecular flexibility index (Phi) is 3.48. The number of hydrogen-bond acceptors (Lipinski definition) is 4. The molecule has 5 heteroatoms. The van der Waals surface area contributed by atoms with Gasteiger partial charge in [0.05, 0.1) is 19.7 Å². The maximum absolute atomic E-state index is 5.32. The van der Waals surface area contributed by atoms with Gasteiger partial charge in [-0.1, -0.05) is 6.07 Å². The van der Waals surface area contributed by atoms with Crippen LogP contribution in [-0.2, 0) is 6.42 Å². The number of benzene rings is 1. The molecular weight excluding hydrogens is 266 g/mol. The maximum atomic E-state index is 5.32. The molecule has 0 amide bonds. The summed E-state index contributed by atoms with van der Waals surface area (Å²) in [6.07, 6.45) is 2.51. The second kappa shape index (κ2) is 5.44. The summed E-state index contributed by atoms with van der Waals surface area (Å²) < 4.78 is 10.6. The first kappa shape index (κ1) is 13.4. The number of nitrogens with zero attached hydrogens (tertiary/aromatic N) is 2. The largest absolute Gasteiger partial charge is 0.493 e. The number of methoxy groups -OCH3 is 2. The van der Waals surface area contributed by atoms with Gasteiger partial charge in [-0.2, -0.15) is 0 Å². The summed E-state index contributed by atoms with van der Waals surface area (Å²) in [5, 5.41) is 0. The molecule has 21 heavy (non-hydrogen) atoms. The number of pyridine rings is 1. The van der Waals surface area contributed by atoms with Crippen LogP contribution in [0, 0.1) is 6.92 Å². The number of ether oxygens (including phenoxy) is 2. The maximum Gasteiger partial charge on any atom is 0.177 e. The van der Waals surface area contributed by atoms with Crippen molar-refractivity contribution in [1.82, 2.24) is 15.0 Å². The Balaban J connectivity index is 1.91. The van der Waals surface area contributed by atoms with Crippen molar-refractivity contribution in [2.24, 2.45) is 0 Å². The minimum absolute atomic E-state index is 0.690. The van der Waals surface area contributed by atoms with Crippen LogP contribution in [0.1, 0.15) is 17.0 Å². The Morgan fingerprint density at radius 2 is 1.90 bits per heavy atom. The number of aromatic nitrogens is 3. The fraction of sp³-hybridized carbons (Fsp3) is 0.250. The Labute approximate surface area is 123 Å². The molecule has 0 atom stereocenters. The highest BCUT2D eigenvalue weighted by molar-refractivity contribution is 5.71. The van der Waals surface area contributed by atoms with E-state index in [0.29, 0.717) is 6.42 Å². The van der Waals surface area contributed by atoms with E-state index in [0.717, 1.165) is 39.6 Å². The molecule has 1 aromatic carbocycles. The molecule has 0 aliphatic carbocycles. The van der Waals surface area contributed by atoms with Gasteiger partial charge in [0.25, 0.3) is 0 Å². The zero-order chi connectivity index (χ0) is 14.8. The number of H-pyrrole nitrogens is 1. The minimum atomic E-state index is 0.690. The van der Waals surface area contributed by atoms with Gasteiger partial charge < -0.3 is 14.5 Å². The molecule has 1 N–H and O–H groups in total. The number of hydrogen-bond donors (Lipinski definition) is 1. The minimum Gasteiger partial charge on any atom is -0.493 e. The highest BCUT2D eigenvalue weighted by atomic mass is 16.5. The van der Waals surface area contributed by atoms with Crippen molar-refractivity contribution in [2.45, 2.75) is 13.3 Å². The molecule has 0 saturated carbocycles. The summed E-state index contributed by atoms with van der Waals surface area (Å²) in [7, 11) is 3.26. The van der Waals surface area contributed by atoms with Gasteiger partial charge in [0.15, 0.2) is 17.1 Å². The molecule has 0 aliphatic heterocycles. The van der Waals surface area contributed by atoms with Crippen molar-refractivity contribution in [3.63, 3.8) is 0 Å². The topological polar surface area (TPSA) is 60.0 Å². The highest BCUT2D eigenvalue weighted by Gasteiger charge is 2.08. The summed E-state index contributed by atoms with van der Waals surface area (Å²) >= 11 is 0. The van der Waals surface area contributed by atoms with Crippen LogP contribution in [0.4, 0.5) is 0 Å². The average Bonchev–Trinajstić information content (AvgIpc) is 2.88. The normalized spacial score (nSPS) is 10.8. The van der Waals surface area contributed by atoms with Crippen molar-refractivity contribution < 1.29 is 9.47 Å².